The molecule has 5 nitrogen and oxygen atoms in total. The van der Waals surface area contributed by atoms with Gasteiger partial charge in [-0.2, -0.15) is 5.10 Å². The van der Waals surface area contributed by atoms with E-state index in [1.54, 1.807) is 0 Å². The molecule has 0 saturated carbocycles. The molecule has 126 valence electrons. The van der Waals surface area contributed by atoms with Gasteiger partial charge in [0.05, 0.1) is 27.9 Å². The van der Waals surface area contributed by atoms with Gasteiger partial charge in [-0.15, -0.1) is 0 Å². The number of fused-ring (bicyclic) bond motifs is 2. The second-order valence-corrected chi connectivity index (χ2v) is 6.54. The lowest BCUT2D eigenvalue weighted by molar-refractivity contribution is 0.835. The van der Waals surface area contributed by atoms with Crippen LogP contribution in [0.5, 0.6) is 0 Å². The van der Waals surface area contributed by atoms with E-state index in [0.29, 0.717) is 0 Å². The third-order valence-electron chi connectivity index (χ3n) is 4.58. The lowest BCUT2D eigenvalue weighted by atomic mass is 10.1. The molecule has 2 aromatic carbocycles. The molecule has 0 aliphatic carbocycles. The van der Waals surface area contributed by atoms with Crippen molar-refractivity contribution in [2.24, 2.45) is 0 Å². The molecule has 0 aliphatic heterocycles. The fraction of sp³-hybridized carbons (Fsp3) is 0.0952. The zero-order valence-corrected chi connectivity index (χ0v) is 14.6. The molecule has 1 N–H and O–H groups in total. The van der Waals surface area contributed by atoms with Gasteiger partial charge in [-0.05, 0) is 56.3 Å². The van der Waals surface area contributed by atoms with Gasteiger partial charge in [0.1, 0.15) is 5.82 Å². The Bertz CT molecular complexity index is 1230. The van der Waals surface area contributed by atoms with Crippen molar-refractivity contribution in [3.05, 3.63) is 72.2 Å². The maximum absolute atomic E-state index is 4.67. The van der Waals surface area contributed by atoms with E-state index < -0.39 is 0 Å². The summed E-state index contributed by atoms with van der Waals surface area (Å²) in [7, 11) is 0. The SMILES string of the molecule is Cc1cc(C)n(-c2ccc3ncc(-c4nc5ccccc5[nH]4)cc3c2)n1. The third kappa shape index (κ3) is 2.37. The highest BCUT2D eigenvalue weighted by molar-refractivity contribution is 5.86. The van der Waals surface area contributed by atoms with Gasteiger partial charge in [-0.1, -0.05) is 12.1 Å². The summed E-state index contributed by atoms with van der Waals surface area (Å²) in [6.07, 6.45) is 1.86. The molecule has 5 aromatic rings. The van der Waals surface area contributed by atoms with Gasteiger partial charge < -0.3 is 4.98 Å². The van der Waals surface area contributed by atoms with E-state index in [1.807, 2.05) is 48.1 Å². The van der Waals surface area contributed by atoms with Crippen molar-refractivity contribution in [2.75, 3.05) is 0 Å². The molecule has 0 saturated heterocycles. The van der Waals surface area contributed by atoms with Gasteiger partial charge in [0.2, 0.25) is 0 Å². The quantitative estimate of drug-likeness (QED) is 0.512. The predicted molar refractivity (Wildman–Crippen MR) is 103 cm³/mol. The fourth-order valence-electron chi connectivity index (χ4n) is 3.36. The number of imidazole rings is 1. The van der Waals surface area contributed by atoms with Gasteiger partial charge in [0.25, 0.3) is 0 Å². The largest absolute Gasteiger partial charge is 0.338 e. The molecule has 0 fully saturated rings. The minimum absolute atomic E-state index is 0.831. The van der Waals surface area contributed by atoms with E-state index in [1.165, 1.54) is 0 Å². The van der Waals surface area contributed by atoms with E-state index in [2.05, 4.69) is 51.2 Å². The molecular formula is C21H17N5. The third-order valence-corrected chi connectivity index (χ3v) is 4.58. The van der Waals surface area contributed by atoms with E-state index >= 15 is 0 Å². The Morgan fingerprint density at radius 1 is 0.923 bits per heavy atom. The maximum atomic E-state index is 4.67. The van der Waals surface area contributed by atoms with E-state index in [0.717, 1.165) is 50.4 Å². The number of aromatic nitrogens is 5. The number of hydrogen-bond donors (Lipinski definition) is 1. The first-order valence-electron chi connectivity index (χ1n) is 8.56. The van der Waals surface area contributed by atoms with Crippen molar-refractivity contribution >= 4 is 21.9 Å². The van der Waals surface area contributed by atoms with Crippen LogP contribution in [0.25, 0.3) is 39.0 Å². The average molecular weight is 339 g/mol. The minimum atomic E-state index is 0.831. The Hall–Kier alpha value is -3.47. The van der Waals surface area contributed by atoms with Crippen molar-refractivity contribution in [3.63, 3.8) is 0 Å². The summed E-state index contributed by atoms with van der Waals surface area (Å²) in [6.45, 7) is 4.07. The van der Waals surface area contributed by atoms with E-state index in [9.17, 15) is 0 Å². The van der Waals surface area contributed by atoms with Gasteiger partial charge >= 0.3 is 0 Å². The van der Waals surface area contributed by atoms with Crippen LogP contribution in [0.2, 0.25) is 0 Å². The average Bonchev–Trinajstić information content (AvgIpc) is 3.23. The molecule has 0 spiro atoms. The van der Waals surface area contributed by atoms with Crippen LogP contribution in [0.3, 0.4) is 0 Å². The summed E-state index contributed by atoms with van der Waals surface area (Å²) >= 11 is 0. The molecule has 0 radical (unpaired) electrons. The number of pyridine rings is 1. The molecule has 0 atom stereocenters. The number of rotatable bonds is 2. The Morgan fingerprint density at radius 3 is 2.62 bits per heavy atom. The van der Waals surface area contributed by atoms with E-state index in [-0.39, 0.29) is 0 Å². The van der Waals surface area contributed by atoms with Crippen LogP contribution < -0.4 is 0 Å². The molecule has 5 rings (SSSR count). The van der Waals surface area contributed by atoms with Crippen molar-refractivity contribution in [2.45, 2.75) is 13.8 Å². The van der Waals surface area contributed by atoms with Crippen LogP contribution in [-0.4, -0.2) is 24.7 Å². The zero-order chi connectivity index (χ0) is 17.7. The lowest BCUT2D eigenvalue weighted by Crippen LogP contribution is -1.99. The van der Waals surface area contributed by atoms with E-state index in [4.69, 9.17) is 0 Å². The molecule has 5 heteroatoms. The number of aryl methyl sites for hydroxylation is 2. The van der Waals surface area contributed by atoms with Crippen molar-refractivity contribution < 1.29 is 0 Å². The Labute approximate surface area is 150 Å². The number of hydrogen-bond acceptors (Lipinski definition) is 3. The Kier molecular flexibility index (Phi) is 3.15. The van der Waals surface area contributed by atoms with Gasteiger partial charge in [-0.3, -0.25) is 4.98 Å². The van der Waals surface area contributed by atoms with Crippen LogP contribution in [0, 0.1) is 13.8 Å². The zero-order valence-electron chi connectivity index (χ0n) is 14.6. The molecule has 0 bridgehead atoms. The number of H-pyrrole nitrogens is 1. The second kappa shape index (κ2) is 5.52. The Morgan fingerprint density at radius 2 is 1.81 bits per heavy atom. The summed E-state index contributed by atoms with van der Waals surface area (Å²) in [4.78, 5) is 12.6. The topological polar surface area (TPSA) is 59.4 Å². The monoisotopic (exact) mass is 339 g/mol. The van der Waals surface area contributed by atoms with Crippen LogP contribution in [0.1, 0.15) is 11.4 Å². The van der Waals surface area contributed by atoms with Crippen LogP contribution in [0.15, 0.2) is 60.8 Å². The molecule has 0 aliphatic rings. The highest BCUT2D eigenvalue weighted by atomic mass is 15.3. The maximum Gasteiger partial charge on any atom is 0.140 e. The first-order chi connectivity index (χ1) is 12.7. The smallest absolute Gasteiger partial charge is 0.140 e. The Balaban J connectivity index is 1.65. The number of aromatic amines is 1. The van der Waals surface area contributed by atoms with Crippen molar-refractivity contribution in [1.82, 2.24) is 24.7 Å². The molecule has 26 heavy (non-hydrogen) atoms. The van der Waals surface area contributed by atoms with Gasteiger partial charge in [-0.25, -0.2) is 9.67 Å². The summed E-state index contributed by atoms with van der Waals surface area (Å²) in [5, 5.41) is 5.64. The summed E-state index contributed by atoms with van der Waals surface area (Å²) in [5.41, 5.74) is 7.07. The first kappa shape index (κ1) is 14.8. The molecule has 3 aromatic heterocycles. The second-order valence-electron chi connectivity index (χ2n) is 6.54. The summed E-state index contributed by atoms with van der Waals surface area (Å²) in [5.74, 6) is 0.831. The number of benzene rings is 2. The number of para-hydroxylation sites is 2. The normalized spacial score (nSPS) is 11.5. The highest BCUT2D eigenvalue weighted by Gasteiger charge is 2.09. The van der Waals surface area contributed by atoms with Gasteiger partial charge in [0, 0.05) is 22.8 Å². The van der Waals surface area contributed by atoms with Crippen molar-refractivity contribution in [1.29, 1.82) is 0 Å². The first-order valence-corrected chi connectivity index (χ1v) is 8.56. The standard InChI is InChI=1S/C21H17N5/c1-13-9-14(2)26(25-13)17-7-8-18-15(11-17)10-16(12-22-18)21-23-19-5-3-4-6-20(19)24-21/h3-12H,1-2H3,(H,23,24). The van der Waals surface area contributed by atoms with Crippen LogP contribution in [0.4, 0.5) is 0 Å². The fourth-order valence-corrected chi connectivity index (χ4v) is 3.36. The summed E-state index contributed by atoms with van der Waals surface area (Å²) < 4.78 is 1.96. The summed E-state index contributed by atoms with van der Waals surface area (Å²) in [6, 6.07) is 18.4. The molecule has 3 heterocycles. The molecule has 0 unspecified atom stereocenters. The number of nitrogens with one attached hydrogen (secondary N) is 1. The van der Waals surface area contributed by atoms with Crippen molar-refractivity contribution in [3.8, 4) is 17.1 Å². The molecule has 0 amide bonds. The molecular weight excluding hydrogens is 322 g/mol. The van der Waals surface area contributed by atoms with Gasteiger partial charge in [0.15, 0.2) is 0 Å². The number of nitrogens with zero attached hydrogens (tertiary/aromatic N) is 4. The minimum Gasteiger partial charge on any atom is -0.338 e. The predicted octanol–water partition coefficient (Wildman–Crippen LogP) is 4.58. The highest BCUT2D eigenvalue weighted by Crippen LogP contribution is 2.25. The van der Waals surface area contributed by atoms with Crippen LogP contribution >= 0.6 is 0 Å². The lowest BCUT2D eigenvalue weighted by Gasteiger charge is -2.07. The van der Waals surface area contributed by atoms with Crippen LogP contribution in [-0.2, 0) is 0 Å².